The van der Waals surface area contributed by atoms with Gasteiger partial charge in [-0.05, 0) is 24.5 Å². The van der Waals surface area contributed by atoms with Crippen molar-refractivity contribution in [2.45, 2.75) is 19.8 Å². The highest BCUT2D eigenvalue weighted by Gasteiger charge is 2.02. The third kappa shape index (κ3) is 3.05. The Hall–Kier alpha value is -1.57. The van der Waals surface area contributed by atoms with Gasteiger partial charge in [0.15, 0.2) is 0 Å². The van der Waals surface area contributed by atoms with Crippen molar-refractivity contribution in [3.8, 4) is 0 Å². The predicted molar refractivity (Wildman–Crippen MR) is 57.0 cm³/mol. The summed E-state index contributed by atoms with van der Waals surface area (Å²) in [6.45, 7) is 1.93. The summed E-state index contributed by atoms with van der Waals surface area (Å²) in [6, 6.07) is 9.86. The van der Waals surface area contributed by atoms with Gasteiger partial charge in [0.05, 0.1) is 0 Å². The van der Waals surface area contributed by atoms with Crippen molar-refractivity contribution >= 4 is 11.5 Å². The van der Waals surface area contributed by atoms with Crippen LogP contribution in [0.1, 0.15) is 25.3 Å². The summed E-state index contributed by atoms with van der Waals surface area (Å²) in [6.07, 6.45) is 2.75. The number of carboxylic acids is 1. The highest BCUT2D eigenvalue weighted by Crippen LogP contribution is 2.19. The summed E-state index contributed by atoms with van der Waals surface area (Å²) in [5.74, 6) is -0.750. The molecular formula is C12H14O2. The standard InChI is InChI=1S/C12H14O2/c1-2-10(8-9-12(13)14)11-6-4-3-5-7-11/h2-7H,8-9H2,1H3,(H,13,14)/b10-2-. The van der Waals surface area contributed by atoms with E-state index in [-0.39, 0.29) is 6.42 Å². The number of hydrogen-bond donors (Lipinski definition) is 1. The molecule has 0 aliphatic heterocycles. The van der Waals surface area contributed by atoms with Crippen LogP contribution in [0.5, 0.6) is 0 Å². The Morgan fingerprint density at radius 3 is 2.43 bits per heavy atom. The second-order valence-electron chi connectivity index (χ2n) is 3.07. The normalized spacial score (nSPS) is 11.4. The number of allylic oxidation sites excluding steroid dienone is 2. The van der Waals surface area contributed by atoms with Gasteiger partial charge in [-0.1, -0.05) is 36.4 Å². The van der Waals surface area contributed by atoms with Gasteiger partial charge in [-0.3, -0.25) is 4.79 Å². The van der Waals surface area contributed by atoms with E-state index in [0.717, 1.165) is 11.1 Å². The topological polar surface area (TPSA) is 37.3 Å². The molecule has 0 bridgehead atoms. The lowest BCUT2D eigenvalue weighted by Gasteiger charge is -2.04. The zero-order valence-electron chi connectivity index (χ0n) is 8.23. The summed E-state index contributed by atoms with van der Waals surface area (Å²) in [4.78, 5) is 10.4. The van der Waals surface area contributed by atoms with Crippen LogP contribution in [-0.4, -0.2) is 11.1 Å². The molecule has 0 saturated heterocycles. The third-order valence-electron chi connectivity index (χ3n) is 2.10. The van der Waals surface area contributed by atoms with Gasteiger partial charge in [0.25, 0.3) is 0 Å². The van der Waals surface area contributed by atoms with Crippen LogP contribution in [0.2, 0.25) is 0 Å². The molecule has 0 unspecified atom stereocenters. The minimum Gasteiger partial charge on any atom is -0.481 e. The van der Waals surface area contributed by atoms with E-state index >= 15 is 0 Å². The lowest BCUT2D eigenvalue weighted by Crippen LogP contribution is -1.95. The summed E-state index contributed by atoms with van der Waals surface area (Å²) in [5.41, 5.74) is 2.20. The number of rotatable bonds is 4. The Labute approximate surface area is 83.9 Å². The third-order valence-corrected chi connectivity index (χ3v) is 2.10. The average molecular weight is 190 g/mol. The molecule has 74 valence electrons. The molecule has 0 amide bonds. The summed E-state index contributed by atoms with van der Waals surface area (Å²) in [7, 11) is 0. The Bertz CT molecular complexity index is 325. The molecule has 0 radical (unpaired) electrons. The van der Waals surface area contributed by atoms with Gasteiger partial charge < -0.3 is 5.11 Å². The Balaban J connectivity index is 2.69. The van der Waals surface area contributed by atoms with Crippen LogP contribution in [0.3, 0.4) is 0 Å². The number of hydrogen-bond acceptors (Lipinski definition) is 1. The SMILES string of the molecule is C/C=C(/CCC(=O)O)c1ccccc1. The van der Waals surface area contributed by atoms with Crippen LogP contribution in [0.4, 0.5) is 0 Å². The minimum absolute atomic E-state index is 0.189. The van der Waals surface area contributed by atoms with E-state index in [2.05, 4.69) is 0 Å². The highest BCUT2D eigenvalue weighted by molar-refractivity contribution is 5.72. The molecule has 1 rings (SSSR count). The molecular weight excluding hydrogens is 176 g/mol. The largest absolute Gasteiger partial charge is 0.481 e. The van der Waals surface area contributed by atoms with Crippen LogP contribution in [0, 0.1) is 0 Å². The van der Waals surface area contributed by atoms with Crippen LogP contribution < -0.4 is 0 Å². The first-order valence-corrected chi connectivity index (χ1v) is 4.66. The van der Waals surface area contributed by atoms with Crippen molar-refractivity contribution < 1.29 is 9.90 Å². The van der Waals surface area contributed by atoms with E-state index in [1.165, 1.54) is 0 Å². The smallest absolute Gasteiger partial charge is 0.303 e. The van der Waals surface area contributed by atoms with Crippen molar-refractivity contribution in [1.29, 1.82) is 0 Å². The lowest BCUT2D eigenvalue weighted by atomic mass is 10.0. The molecule has 1 aromatic rings. The Morgan fingerprint density at radius 1 is 1.29 bits per heavy atom. The highest BCUT2D eigenvalue weighted by atomic mass is 16.4. The Morgan fingerprint density at radius 2 is 1.93 bits per heavy atom. The molecule has 0 aliphatic carbocycles. The molecule has 2 heteroatoms. The number of carbonyl (C=O) groups is 1. The van der Waals surface area contributed by atoms with Gasteiger partial charge in [-0.15, -0.1) is 0 Å². The maximum absolute atomic E-state index is 10.4. The molecule has 14 heavy (non-hydrogen) atoms. The summed E-state index contributed by atoms with van der Waals surface area (Å²) < 4.78 is 0. The molecule has 0 aliphatic rings. The monoisotopic (exact) mass is 190 g/mol. The van der Waals surface area contributed by atoms with Crippen molar-refractivity contribution in [2.75, 3.05) is 0 Å². The van der Waals surface area contributed by atoms with Crippen LogP contribution in [-0.2, 0) is 4.79 Å². The van der Waals surface area contributed by atoms with Gasteiger partial charge in [0, 0.05) is 6.42 Å². The first kappa shape index (κ1) is 10.5. The van der Waals surface area contributed by atoms with Crippen molar-refractivity contribution in [1.82, 2.24) is 0 Å². The van der Waals surface area contributed by atoms with Crippen LogP contribution in [0.15, 0.2) is 36.4 Å². The predicted octanol–water partition coefficient (Wildman–Crippen LogP) is 2.95. The molecule has 1 aromatic carbocycles. The van der Waals surface area contributed by atoms with Crippen molar-refractivity contribution in [3.63, 3.8) is 0 Å². The zero-order valence-corrected chi connectivity index (χ0v) is 8.23. The maximum Gasteiger partial charge on any atom is 0.303 e. The number of carboxylic acid groups (broad SMARTS) is 1. The van der Waals surface area contributed by atoms with Crippen LogP contribution >= 0.6 is 0 Å². The molecule has 0 saturated carbocycles. The van der Waals surface area contributed by atoms with Gasteiger partial charge >= 0.3 is 5.97 Å². The molecule has 2 nitrogen and oxygen atoms in total. The second kappa shape index (κ2) is 5.22. The van der Waals surface area contributed by atoms with E-state index in [4.69, 9.17) is 5.11 Å². The molecule has 0 spiro atoms. The molecule has 0 heterocycles. The van der Waals surface area contributed by atoms with Gasteiger partial charge in [0.2, 0.25) is 0 Å². The van der Waals surface area contributed by atoms with E-state index in [0.29, 0.717) is 6.42 Å². The fourth-order valence-corrected chi connectivity index (χ4v) is 1.35. The molecule has 0 fully saturated rings. The van der Waals surface area contributed by atoms with Crippen molar-refractivity contribution in [2.24, 2.45) is 0 Å². The van der Waals surface area contributed by atoms with Gasteiger partial charge in [-0.25, -0.2) is 0 Å². The Kier molecular flexibility index (Phi) is 3.92. The number of aliphatic carboxylic acids is 1. The van der Waals surface area contributed by atoms with E-state index < -0.39 is 5.97 Å². The fourth-order valence-electron chi connectivity index (χ4n) is 1.35. The average Bonchev–Trinajstić information content (AvgIpc) is 2.20. The molecule has 0 aromatic heterocycles. The van der Waals surface area contributed by atoms with Gasteiger partial charge in [0.1, 0.15) is 0 Å². The van der Waals surface area contributed by atoms with E-state index in [1.54, 1.807) is 0 Å². The second-order valence-corrected chi connectivity index (χ2v) is 3.07. The number of benzene rings is 1. The van der Waals surface area contributed by atoms with E-state index in [9.17, 15) is 4.79 Å². The van der Waals surface area contributed by atoms with Crippen molar-refractivity contribution in [3.05, 3.63) is 42.0 Å². The molecule has 1 N–H and O–H groups in total. The quantitative estimate of drug-likeness (QED) is 0.792. The first-order chi connectivity index (χ1) is 6.74. The minimum atomic E-state index is -0.750. The lowest BCUT2D eigenvalue weighted by molar-refractivity contribution is -0.136. The van der Waals surface area contributed by atoms with Crippen LogP contribution in [0.25, 0.3) is 5.57 Å². The van der Waals surface area contributed by atoms with Gasteiger partial charge in [-0.2, -0.15) is 0 Å². The van der Waals surface area contributed by atoms with E-state index in [1.807, 2.05) is 43.3 Å². The summed E-state index contributed by atoms with van der Waals surface area (Å²) >= 11 is 0. The maximum atomic E-state index is 10.4. The summed E-state index contributed by atoms with van der Waals surface area (Å²) in [5, 5.41) is 8.58. The zero-order chi connectivity index (χ0) is 10.4. The first-order valence-electron chi connectivity index (χ1n) is 4.66. The fraction of sp³-hybridized carbons (Fsp3) is 0.250. The molecule has 0 atom stereocenters.